The standard InChI is InChI=1S/C15H19FN4O.ClH/c1-20-9-8-17-10-13(20)15-18-14(21-19-15)7-4-11-2-5-12(16)6-3-11;/h2-3,5-6,13,17H,4,7-10H2,1H3;1H. The van der Waals surface area contributed by atoms with E-state index in [0.717, 1.165) is 37.4 Å². The van der Waals surface area contributed by atoms with Gasteiger partial charge in [-0.2, -0.15) is 4.98 Å². The average Bonchev–Trinajstić information content (AvgIpc) is 2.96. The SMILES string of the molecule is CN1CCNCC1c1noc(CCc2ccc(F)cc2)n1.Cl. The summed E-state index contributed by atoms with van der Waals surface area (Å²) in [5, 5.41) is 7.43. The zero-order chi connectivity index (χ0) is 14.7. The van der Waals surface area contributed by atoms with Crippen molar-refractivity contribution in [2.45, 2.75) is 18.9 Å². The van der Waals surface area contributed by atoms with Crippen molar-refractivity contribution in [3.63, 3.8) is 0 Å². The van der Waals surface area contributed by atoms with Crippen LogP contribution in [0.3, 0.4) is 0 Å². The first kappa shape index (κ1) is 16.9. The second kappa shape index (κ2) is 7.67. The number of nitrogens with zero attached hydrogens (tertiary/aromatic N) is 3. The van der Waals surface area contributed by atoms with Crippen LogP contribution in [0.2, 0.25) is 0 Å². The third-order valence-corrected chi connectivity index (χ3v) is 3.83. The first-order chi connectivity index (χ1) is 10.2. The second-order valence-corrected chi connectivity index (χ2v) is 5.37. The van der Waals surface area contributed by atoms with Crippen LogP contribution in [-0.2, 0) is 12.8 Å². The number of nitrogens with one attached hydrogen (secondary N) is 1. The van der Waals surface area contributed by atoms with Crippen molar-refractivity contribution in [2.75, 3.05) is 26.7 Å². The van der Waals surface area contributed by atoms with Crippen LogP contribution in [0.1, 0.15) is 23.3 Å². The Bertz CT molecular complexity index is 589. The van der Waals surface area contributed by atoms with Crippen molar-refractivity contribution in [3.8, 4) is 0 Å². The van der Waals surface area contributed by atoms with Crippen molar-refractivity contribution in [1.29, 1.82) is 0 Å². The third-order valence-electron chi connectivity index (χ3n) is 3.83. The number of aryl methyl sites for hydroxylation is 2. The zero-order valence-corrected chi connectivity index (χ0v) is 13.3. The summed E-state index contributed by atoms with van der Waals surface area (Å²) < 4.78 is 18.2. The number of benzene rings is 1. The topological polar surface area (TPSA) is 54.2 Å². The van der Waals surface area contributed by atoms with Crippen molar-refractivity contribution in [2.24, 2.45) is 0 Å². The van der Waals surface area contributed by atoms with Gasteiger partial charge in [-0.15, -0.1) is 12.4 Å². The molecule has 1 saturated heterocycles. The molecule has 0 bridgehead atoms. The third kappa shape index (κ3) is 4.03. The van der Waals surface area contributed by atoms with Gasteiger partial charge in [-0.25, -0.2) is 4.39 Å². The minimum atomic E-state index is -0.216. The van der Waals surface area contributed by atoms with E-state index in [0.29, 0.717) is 12.3 Å². The molecule has 3 rings (SSSR count). The maximum absolute atomic E-state index is 12.8. The van der Waals surface area contributed by atoms with Crippen LogP contribution in [0.4, 0.5) is 4.39 Å². The summed E-state index contributed by atoms with van der Waals surface area (Å²) >= 11 is 0. The van der Waals surface area contributed by atoms with E-state index < -0.39 is 0 Å². The summed E-state index contributed by atoms with van der Waals surface area (Å²) in [5.74, 6) is 1.15. The molecule has 5 nitrogen and oxygen atoms in total. The summed E-state index contributed by atoms with van der Waals surface area (Å²) in [7, 11) is 2.07. The Kier molecular flexibility index (Phi) is 5.88. The molecular formula is C15H20ClFN4O. The molecule has 1 aromatic heterocycles. The van der Waals surface area contributed by atoms with Gasteiger partial charge in [0, 0.05) is 26.1 Å². The lowest BCUT2D eigenvalue weighted by Crippen LogP contribution is -2.44. The molecule has 0 amide bonds. The smallest absolute Gasteiger partial charge is 0.227 e. The maximum atomic E-state index is 12.8. The molecule has 1 aliphatic heterocycles. The molecule has 0 spiro atoms. The van der Waals surface area contributed by atoms with Crippen LogP contribution < -0.4 is 5.32 Å². The predicted octanol–water partition coefficient (Wildman–Crippen LogP) is 1.99. The van der Waals surface area contributed by atoms with E-state index in [2.05, 4.69) is 27.4 Å². The Hall–Kier alpha value is -1.50. The fourth-order valence-corrected chi connectivity index (χ4v) is 2.50. The molecule has 22 heavy (non-hydrogen) atoms. The normalized spacial score (nSPS) is 18.9. The van der Waals surface area contributed by atoms with E-state index in [9.17, 15) is 4.39 Å². The van der Waals surface area contributed by atoms with Crippen molar-refractivity contribution in [1.82, 2.24) is 20.4 Å². The average molecular weight is 327 g/mol. The van der Waals surface area contributed by atoms with E-state index in [-0.39, 0.29) is 24.3 Å². The van der Waals surface area contributed by atoms with Gasteiger partial charge in [-0.1, -0.05) is 17.3 Å². The highest BCUT2D eigenvalue weighted by molar-refractivity contribution is 5.85. The van der Waals surface area contributed by atoms with Crippen LogP contribution in [0.5, 0.6) is 0 Å². The van der Waals surface area contributed by atoms with Gasteiger partial charge in [0.15, 0.2) is 5.82 Å². The van der Waals surface area contributed by atoms with E-state index in [4.69, 9.17) is 4.52 Å². The highest BCUT2D eigenvalue weighted by Gasteiger charge is 2.25. The van der Waals surface area contributed by atoms with Gasteiger partial charge in [-0.05, 0) is 31.2 Å². The van der Waals surface area contributed by atoms with Crippen LogP contribution >= 0.6 is 12.4 Å². The number of hydrogen-bond acceptors (Lipinski definition) is 5. The minimum Gasteiger partial charge on any atom is -0.339 e. The summed E-state index contributed by atoms with van der Waals surface area (Å²) in [6.07, 6.45) is 1.43. The summed E-state index contributed by atoms with van der Waals surface area (Å²) in [6.45, 7) is 2.81. The highest BCUT2D eigenvalue weighted by Crippen LogP contribution is 2.18. The van der Waals surface area contributed by atoms with Gasteiger partial charge in [0.05, 0.1) is 6.04 Å². The Morgan fingerprint density at radius 3 is 2.82 bits per heavy atom. The molecule has 120 valence electrons. The van der Waals surface area contributed by atoms with Crippen molar-refractivity contribution < 1.29 is 8.91 Å². The van der Waals surface area contributed by atoms with Gasteiger partial charge in [0.2, 0.25) is 5.89 Å². The fraction of sp³-hybridized carbons (Fsp3) is 0.467. The van der Waals surface area contributed by atoms with Crippen molar-refractivity contribution in [3.05, 3.63) is 47.4 Å². The Balaban J connectivity index is 0.00000176. The number of aromatic nitrogens is 2. The van der Waals surface area contributed by atoms with E-state index in [1.807, 2.05) is 0 Å². The first-order valence-corrected chi connectivity index (χ1v) is 7.20. The van der Waals surface area contributed by atoms with Gasteiger partial charge in [0.25, 0.3) is 0 Å². The predicted molar refractivity (Wildman–Crippen MR) is 83.6 cm³/mol. The molecule has 1 atom stereocenters. The molecule has 0 aliphatic carbocycles. The maximum Gasteiger partial charge on any atom is 0.227 e. The summed E-state index contributed by atoms with van der Waals surface area (Å²) in [5.41, 5.74) is 1.06. The van der Waals surface area contributed by atoms with Crippen LogP contribution in [-0.4, -0.2) is 41.7 Å². The van der Waals surface area contributed by atoms with E-state index in [1.54, 1.807) is 12.1 Å². The molecule has 7 heteroatoms. The minimum absolute atomic E-state index is 0. The Labute approximate surface area is 135 Å². The lowest BCUT2D eigenvalue weighted by Gasteiger charge is -2.30. The number of halogens is 2. The van der Waals surface area contributed by atoms with Crippen LogP contribution in [0, 0.1) is 5.82 Å². The molecule has 1 aromatic carbocycles. The first-order valence-electron chi connectivity index (χ1n) is 7.20. The fourth-order valence-electron chi connectivity index (χ4n) is 2.50. The molecular weight excluding hydrogens is 307 g/mol. The lowest BCUT2D eigenvalue weighted by atomic mass is 10.1. The molecule has 2 aromatic rings. The van der Waals surface area contributed by atoms with E-state index >= 15 is 0 Å². The van der Waals surface area contributed by atoms with Crippen molar-refractivity contribution >= 4 is 12.4 Å². The van der Waals surface area contributed by atoms with Gasteiger partial charge < -0.3 is 9.84 Å². The number of rotatable bonds is 4. The molecule has 1 unspecified atom stereocenters. The zero-order valence-electron chi connectivity index (χ0n) is 12.5. The highest BCUT2D eigenvalue weighted by atomic mass is 35.5. The monoisotopic (exact) mass is 326 g/mol. The summed E-state index contributed by atoms with van der Waals surface area (Å²) in [6, 6.07) is 6.67. The Morgan fingerprint density at radius 1 is 1.32 bits per heavy atom. The summed E-state index contributed by atoms with van der Waals surface area (Å²) in [4.78, 5) is 6.71. The van der Waals surface area contributed by atoms with Crippen LogP contribution in [0.15, 0.2) is 28.8 Å². The molecule has 1 fully saturated rings. The van der Waals surface area contributed by atoms with Gasteiger partial charge in [0.1, 0.15) is 5.82 Å². The van der Waals surface area contributed by atoms with Crippen LogP contribution in [0.25, 0.3) is 0 Å². The quantitative estimate of drug-likeness (QED) is 0.931. The number of piperazine rings is 1. The van der Waals surface area contributed by atoms with Gasteiger partial charge in [-0.3, -0.25) is 4.90 Å². The lowest BCUT2D eigenvalue weighted by molar-refractivity contribution is 0.190. The largest absolute Gasteiger partial charge is 0.339 e. The van der Waals surface area contributed by atoms with Gasteiger partial charge >= 0.3 is 0 Å². The number of likely N-dealkylation sites (N-methyl/N-ethyl adjacent to an activating group) is 1. The molecule has 1 aliphatic rings. The molecule has 1 N–H and O–H groups in total. The van der Waals surface area contributed by atoms with E-state index in [1.165, 1.54) is 12.1 Å². The molecule has 0 saturated carbocycles. The second-order valence-electron chi connectivity index (χ2n) is 5.37. The molecule has 0 radical (unpaired) electrons. The molecule has 2 heterocycles. The number of hydrogen-bond donors (Lipinski definition) is 1. The Morgan fingerprint density at radius 2 is 2.09 bits per heavy atom.